The van der Waals surface area contributed by atoms with E-state index >= 15 is 0 Å². The third kappa shape index (κ3) is 3.99. The van der Waals surface area contributed by atoms with Crippen molar-refractivity contribution in [1.29, 1.82) is 0 Å². The van der Waals surface area contributed by atoms with Crippen LogP contribution in [0.4, 0.5) is 5.13 Å². The van der Waals surface area contributed by atoms with Crippen molar-refractivity contribution in [3.8, 4) is 11.5 Å². The van der Waals surface area contributed by atoms with E-state index in [0.29, 0.717) is 24.4 Å². The van der Waals surface area contributed by atoms with Crippen LogP contribution in [0, 0.1) is 6.92 Å². The number of anilines is 1. The van der Waals surface area contributed by atoms with Crippen molar-refractivity contribution in [3.63, 3.8) is 0 Å². The number of hydrogen-bond donors (Lipinski definition) is 0. The molecule has 0 N–H and O–H groups in total. The minimum atomic E-state index is 0.00586. The Bertz CT molecular complexity index is 1210. The number of aryl methyl sites for hydroxylation is 1. The average Bonchev–Trinajstić information content (AvgIpc) is 3.26. The van der Waals surface area contributed by atoms with Gasteiger partial charge in [-0.2, -0.15) is 0 Å². The van der Waals surface area contributed by atoms with Crippen molar-refractivity contribution in [2.45, 2.75) is 6.92 Å². The first-order chi connectivity index (χ1) is 15.2. The van der Waals surface area contributed by atoms with Crippen LogP contribution in [0.5, 0.6) is 11.5 Å². The first kappa shape index (κ1) is 19.6. The maximum Gasteiger partial charge on any atom is 0.257 e. The van der Waals surface area contributed by atoms with Gasteiger partial charge < -0.3 is 14.5 Å². The number of piperazine rings is 1. The number of thiazole rings is 1. The molecule has 0 bridgehead atoms. The lowest BCUT2D eigenvalue weighted by Crippen LogP contribution is -2.48. The van der Waals surface area contributed by atoms with E-state index in [1.807, 2.05) is 59.5 Å². The Labute approximate surface area is 185 Å². The van der Waals surface area contributed by atoms with Gasteiger partial charge in [0, 0.05) is 26.2 Å². The van der Waals surface area contributed by atoms with Crippen molar-refractivity contribution in [2.75, 3.05) is 31.1 Å². The van der Waals surface area contributed by atoms with Crippen LogP contribution >= 0.6 is 11.3 Å². The lowest BCUT2D eigenvalue weighted by atomic mass is 10.1. The maximum absolute atomic E-state index is 13.3. The topological polar surface area (TPSA) is 45.7 Å². The van der Waals surface area contributed by atoms with E-state index in [1.54, 1.807) is 11.3 Å². The van der Waals surface area contributed by atoms with Gasteiger partial charge in [-0.3, -0.25) is 4.79 Å². The first-order valence-electron chi connectivity index (χ1n) is 10.4. The van der Waals surface area contributed by atoms with Crippen LogP contribution in [0.15, 0.2) is 72.8 Å². The zero-order valence-electron chi connectivity index (χ0n) is 17.3. The number of carbonyl (C=O) groups excluding carboxylic acids is 1. The number of para-hydroxylation sites is 3. The Morgan fingerprint density at radius 3 is 2.42 bits per heavy atom. The molecule has 1 aliphatic rings. The number of amides is 1. The lowest BCUT2D eigenvalue weighted by Gasteiger charge is -2.34. The van der Waals surface area contributed by atoms with Crippen LogP contribution in [0.25, 0.3) is 10.2 Å². The second-order valence-electron chi connectivity index (χ2n) is 7.61. The van der Waals surface area contributed by atoms with Crippen molar-refractivity contribution in [2.24, 2.45) is 0 Å². The smallest absolute Gasteiger partial charge is 0.257 e. The molecule has 2 heterocycles. The van der Waals surface area contributed by atoms with Crippen LogP contribution in [-0.2, 0) is 0 Å². The summed E-state index contributed by atoms with van der Waals surface area (Å²) in [6, 6.07) is 23.3. The highest BCUT2D eigenvalue weighted by molar-refractivity contribution is 7.22. The zero-order valence-corrected chi connectivity index (χ0v) is 18.1. The normalized spacial score (nSPS) is 14.1. The number of benzene rings is 3. The molecule has 0 aliphatic carbocycles. The third-order valence-electron chi connectivity index (χ3n) is 5.54. The summed E-state index contributed by atoms with van der Waals surface area (Å²) in [5.74, 6) is 1.31. The van der Waals surface area contributed by atoms with Crippen LogP contribution in [0.2, 0.25) is 0 Å². The molecule has 0 radical (unpaired) electrons. The second kappa shape index (κ2) is 8.40. The summed E-state index contributed by atoms with van der Waals surface area (Å²) >= 11 is 1.72. The van der Waals surface area contributed by atoms with E-state index in [9.17, 15) is 4.79 Å². The number of rotatable bonds is 4. The molecule has 0 saturated carbocycles. The van der Waals surface area contributed by atoms with Gasteiger partial charge in [-0.1, -0.05) is 53.8 Å². The van der Waals surface area contributed by atoms with Gasteiger partial charge in [-0.05, 0) is 42.8 Å². The molecule has 6 heteroatoms. The molecule has 0 spiro atoms. The quantitative estimate of drug-likeness (QED) is 0.438. The number of hydrogen-bond acceptors (Lipinski definition) is 5. The Morgan fingerprint density at radius 1 is 0.903 bits per heavy atom. The fourth-order valence-corrected chi connectivity index (χ4v) is 4.92. The fourth-order valence-electron chi connectivity index (χ4n) is 3.83. The van der Waals surface area contributed by atoms with E-state index in [0.717, 1.165) is 29.5 Å². The molecule has 156 valence electrons. The summed E-state index contributed by atoms with van der Waals surface area (Å²) in [5, 5.41) is 1.03. The molecule has 1 aromatic heterocycles. The largest absolute Gasteiger partial charge is 0.457 e. The SMILES string of the molecule is Cc1cccc2sc(N3CCN(C(=O)c4ccccc4Oc4ccccc4)CC3)nc12. The first-order valence-corrected chi connectivity index (χ1v) is 11.2. The Balaban J connectivity index is 1.29. The molecular formula is C25H23N3O2S. The Morgan fingerprint density at radius 2 is 1.65 bits per heavy atom. The van der Waals surface area contributed by atoms with Crippen LogP contribution in [-0.4, -0.2) is 42.0 Å². The minimum Gasteiger partial charge on any atom is -0.457 e. The van der Waals surface area contributed by atoms with Crippen molar-refractivity contribution in [3.05, 3.63) is 83.9 Å². The van der Waals surface area contributed by atoms with Gasteiger partial charge in [0.15, 0.2) is 5.13 Å². The number of carbonyl (C=O) groups is 1. The van der Waals surface area contributed by atoms with E-state index in [2.05, 4.69) is 30.0 Å². The molecule has 5 rings (SSSR count). The number of ether oxygens (including phenoxy) is 1. The summed E-state index contributed by atoms with van der Waals surface area (Å²) in [7, 11) is 0. The monoisotopic (exact) mass is 429 g/mol. The van der Waals surface area contributed by atoms with E-state index in [4.69, 9.17) is 9.72 Å². The molecule has 5 nitrogen and oxygen atoms in total. The van der Waals surface area contributed by atoms with E-state index in [1.165, 1.54) is 10.3 Å². The third-order valence-corrected chi connectivity index (χ3v) is 6.62. The van der Waals surface area contributed by atoms with Crippen LogP contribution in [0.3, 0.4) is 0 Å². The molecular weight excluding hydrogens is 406 g/mol. The second-order valence-corrected chi connectivity index (χ2v) is 8.62. The van der Waals surface area contributed by atoms with E-state index in [-0.39, 0.29) is 5.91 Å². The molecule has 31 heavy (non-hydrogen) atoms. The number of nitrogens with zero attached hydrogens (tertiary/aromatic N) is 3. The highest BCUT2D eigenvalue weighted by Crippen LogP contribution is 2.31. The van der Waals surface area contributed by atoms with Crippen LogP contribution in [0.1, 0.15) is 15.9 Å². The molecule has 4 aromatic rings. The predicted molar refractivity (Wildman–Crippen MR) is 125 cm³/mol. The van der Waals surface area contributed by atoms with Gasteiger partial charge in [0.2, 0.25) is 0 Å². The molecule has 3 aromatic carbocycles. The number of aromatic nitrogens is 1. The average molecular weight is 430 g/mol. The van der Waals surface area contributed by atoms with Gasteiger partial charge in [0.05, 0.1) is 15.8 Å². The summed E-state index contributed by atoms with van der Waals surface area (Å²) in [4.78, 5) is 22.3. The predicted octanol–water partition coefficient (Wildman–Crippen LogP) is 5.36. The molecule has 1 fully saturated rings. The zero-order chi connectivity index (χ0) is 21.2. The Kier molecular flexibility index (Phi) is 5.30. The van der Waals surface area contributed by atoms with Crippen molar-refractivity contribution >= 4 is 32.6 Å². The standard InChI is InChI=1S/C25H23N3O2S/c1-18-8-7-13-22-23(18)26-25(31-22)28-16-14-27(15-17-28)24(29)20-11-5-6-12-21(20)30-19-9-3-2-4-10-19/h2-13H,14-17H2,1H3. The van der Waals surface area contributed by atoms with Gasteiger partial charge in [0.25, 0.3) is 5.91 Å². The summed E-state index contributed by atoms with van der Waals surface area (Å²) in [6.07, 6.45) is 0. The summed E-state index contributed by atoms with van der Waals surface area (Å²) < 4.78 is 7.20. The highest BCUT2D eigenvalue weighted by atomic mass is 32.1. The molecule has 1 aliphatic heterocycles. The van der Waals surface area contributed by atoms with Gasteiger partial charge in [0.1, 0.15) is 11.5 Å². The minimum absolute atomic E-state index is 0.00586. The van der Waals surface area contributed by atoms with E-state index < -0.39 is 0 Å². The fraction of sp³-hybridized carbons (Fsp3) is 0.200. The summed E-state index contributed by atoms with van der Waals surface area (Å²) in [5.41, 5.74) is 2.87. The summed E-state index contributed by atoms with van der Waals surface area (Å²) in [6.45, 7) is 4.96. The van der Waals surface area contributed by atoms with Gasteiger partial charge in [-0.25, -0.2) is 4.98 Å². The Hall–Kier alpha value is -3.38. The molecule has 1 amide bonds. The highest BCUT2D eigenvalue weighted by Gasteiger charge is 2.26. The molecule has 0 unspecified atom stereocenters. The van der Waals surface area contributed by atoms with Crippen molar-refractivity contribution < 1.29 is 9.53 Å². The number of fused-ring (bicyclic) bond motifs is 1. The maximum atomic E-state index is 13.3. The molecule has 1 saturated heterocycles. The van der Waals surface area contributed by atoms with Crippen molar-refractivity contribution in [1.82, 2.24) is 9.88 Å². The molecule has 0 atom stereocenters. The van der Waals surface area contributed by atoms with Gasteiger partial charge >= 0.3 is 0 Å². The van der Waals surface area contributed by atoms with Crippen LogP contribution < -0.4 is 9.64 Å². The lowest BCUT2D eigenvalue weighted by molar-refractivity contribution is 0.0744. The van der Waals surface area contributed by atoms with Gasteiger partial charge in [-0.15, -0.1) is 0 Å².